The minimum absolute atomic E-state index is 0.0885. The summed E-state index contributed by atoms with van der Waals surface area (Å²) in [7, 11) is 0. The summed E-state index contributed by atoms with van der Waals surface area (Å²) < 4.78 is 16.8. The van der Waals surface area contributed by atoms with E-state index in [1.807, 2.05) is 0 Å². The number of aliphatic hydroxyl groups is 1. The van der Waals surface area contributed by atoms with Crippen LogP contribution in [0, 0.1) is 0 Å². The van der Waals surface area contributed by atoms with Gasteiger partial charge in [0.2, 0.25) is 0 Å². The van der Waals surface area contributed by atoms with Crippen LogP contribution in [0.25, 0.3) is 0 Å². The fraction of sp³-hybridized carbons (Fsp3) is 1.00. The van der Waals surface area contributed by atoms with E-state index in [-0.39, 0.29) is 18.5 Å². The molecule has 1 spiro atoms. The third-order valence-electron chi connectivity index (χ3n) is 2.88. The van der Waals surface area contributed by atoms with Crippen LogP contribution in [0.4, 0.5) is 0 Å². The highest BCUT2D eigenvalue weighted by Crippen LogP contribution is 2.36. The molecule has 1 saturated carbocycles. The molecule has 1 unspecified atom stereocenters. The summed E-state index contributed by atoms with van der Waals surface area (Å²) in [4.78, 5) is 0. The van der Waals surface area contributed by atoms with Crippen LogP contribution in [0.3, 0.4) is 0 Å². The van der Waals surface area contributed by atoms with E-state index in [0.29, 0.717) is 19.8 Å². The van der Waals surface area contributed by atoms with E-state index >= 15 is 0 Å². The molecule has 1 aliphatic carbocycles. The summed E-state index contributed by atoms with van der Waals surface area (Å²) >= 11 is 0. The molecule has 2 fully saturated rings. The first kappa shape index (κ1) is 10.4. The van der Waals surface area contributed by atoms with Gasteiger partial charge in [0.15, 0.2) is 5.79 Å². The van der Waals surface area contributed by atoms with Crippen molar-refractivity contribution in [3.8, 4) is 0 Å². The van der Waals surface area contributed by atoms with Gasteiger partial charge in [-0.2, -0.15) is 0 Å². The molecule has 4 nitrogen and oxygen atoms in total. The smallest absolute Gasteiger partial charge is 0.170 e. The summed E-state index contributed by atoms with van der Waals surface area (Å²) in [5.74, 6) is -0.363. The van der Waals surface area contributed by atoms with Crippen LogP contribution in [0.1, 0.15) is 25.7 Å². The second kappa shape index (κ2) is 4.57. The van der Waals surface area contributed by atoms with Crippen molar-refractivity contribution in [3.63, 3.8) is 0 Å². The average molecular weight is 202 g/mol. The van der Waals surface area contributed by atoms with Gasteiger partial charge < -0.3 is 19.3 Å². The lowest BCUT2D eigenvalue weighted by molar-refractivity contribution is -0.202. The van der Waals surface area contributed by atoms with Gasteiger partial charge in [0.05, 0.1) is 32.5 Å². The van der Waals surface area contributed by atoms with E-state index in [1.165, 1.54) is 0 Å². The van der Waals surface area contributed by atoms with E-state index in [4.69, 9.17) is 19.3 Å². The van der Waals surface area contributed by atoms with E-state index in [2.05, 4.69) is 0 Å². The summed E-state index contributed by atoms with van der Waals surface area (Å²) in [5, 5.41) is 8.67. The Morgan fingerprint density at radius 3 is 2.86 bits per heavy atom. The number of aliphatic hydroxyl groups excluding tert-OH is 1. The highest BCUT2D eigenvalue weighted by molar-refractivity contribution is 4.83. The minimum atomic E-state index is -0.363. The van der Waals surface area contributed by atoms with Crippen LogP contribution in [0.15, 0.2) is 0 Å². The molecule has 0 amide bonds. The van der Waals surface area contributed by atoms with Crippen LogP contribution in [-0.2, 0) is 14.2 Å². The molecule has 0 aromatic heterocycles. The Morgan fingerprint density at radius 1 is 1.36 bits per heavy atom. The van der Waals surface area contributed by atoms with E-state index < -0.39 is 0 Å². The molecule has 0 aromatic carbocycles. The predicted molar refractivity (Wildman–Crippen MR) is 49.9 cm³/mol. The monoisotopic (exact) mass is 202 g/mol. The van der Waals surface area contributed by atoms with Crippen LogP contribution >= 0.6 is 0 Å². The Labute approximate surface area is 84.1 Å². The van der Waals surface area contributed by atoms with E-state index in [1.54, 1.807) is 0 Å². The number of rotatable bonds is 3. The fourth-order valence-corrected chi connectivity index (χ4v) is 2.27. The summed E-state index contributed by atoms with van der Waals surface area (Å²) in [6.45, 7) is 1.91. The third-order valence-corrected chi connectivity index (χ3v) is 2.88. The molecular formula is C10H18O4. The molecule has 0 radical (unpaired) electrons. The first-order valence-corrected chi connectivity index (χ1v) is 5.35. The van der Waals surface area contributed by atoms with Gasteiger partial charge in [0.1, 0.15) is 0 Å². The zero-order valence-electron chi connectivity index (χ0n) is 8.41. The average Bonchev–Trinajstić information content (AvgIpc) is 2.63. The SMILES string of the molecule is OCCOC1CCCC2(C1)OCCO2. The summed E-state index contributed by atoms with van der Waals surface area (Å²) in [6, 6.07) is 0. The van der Waals surface area contributed by atoms with Crippen LogP contribution in [0.5, 0.6) is 0 Å². The van der Waals surface area contributed by atoms with Gasteiger partial charge in [-0.05, 0) is 12.8 Å². The first-order chi connectivity index (χ1) is 6.85. The lowest BCUT2D eigenvalue weighted by Gasteiger charge is -2.35. The van der Waals surface area contributed by atoms with Gasteiger partial charge in [0, 0.05) is 12.8 Å². The molecule has 1 atom stereocenters. The van der Waals surface area contributed by atoms with Crippen molar-refractivity contribution in [1.29, 1.82) is 0 Å². The topological polar surface area (TPSA) is 47.9 Å². The van der Waals surface area contributed by atoms with Crippen molar-refractivity contribution in [2.24, 2.45) is 0 Å². The highest BCUT2D eigenvalue weighted by Gasteiger charge is 2.41. The van der Waals surface area contributed by atoms with Crippen molar-refractivity contribution in [3.05, 3.63) is 0 Å². The van der Waals surface area contributed by atoms with Gasteiger partial charge in [-0.3, -0.25) is 0 Å². The third kappa shape index (κ3) is 2.25. The van der Waals surface area contributed by atoms with Crippen molar-refractivity contribution in [1.82, 2.24) is 0 Å². The standard InChI is InChI=1S/C10H18O4/c11-4-5-12-9-2-1-3-10(8-9)13-6-7-14-10/h9,11H,1-8H2. The summed E-state index contributed by atoms with van der Waals surface area (Å²) in [6.07, 6.45) is 4.11. The fourth-order valence-electron chi connectivity index (χ4n) is 2.27. The maximum absolute atomic E-state index is 8.67. The van der Waals surface area contributed by atoms with Crippen LogP contribution < -0.4 is 0 Å². The Bertz CT molecular complexity index is 177. The molecule has 1 saturated heterocycles. The van der Waals surface area contributed by atoms with Crippen molar-refractivity contribution < 1.29 is 19.3 Å². The van der Waals surface area contributed by atoms with Crippen LogP contribution in [-0.4, -0.2) is 43.4 Å². The normalized spacial score (nSPS) is 31.1. The molecule has 0 aromatic rings. The molecule has 1 N–H and O–H groups in total. The lowest BCUT2D eigenvalue weighted by atomic mass is 9.91. The molecule has 0 bridgehead atoms. The van der Waals surface area contributed by atoms with Gasteiger partial charge in [-0.25, -0.2) is 0 Å². The molecule has 2 rings (SSSR count). The van der Waals surface area contributed by atoms with Crippen molar-refractivity contribution >= 4 is 0 Å². The first-order valence-electron chi connectivity index (χ1n) is 5.35. The molecule has 1 aliphatic heterocycles. The zero-order chi connectivity index (χ0) is 9.86. The van der Waals surface area contributed by atoms with Gasteiger partial charge >= 0.3 is 0 Å². The Kier molecular flexibility index (Phi) is 3.38. The van der Waals surface area contributed by atoms with Crippen LogP contribution in [0.2, 0.25) is 0 Å². The molecule has 14 heavy (non-hydrogen) atoms. The maximum atomic E-state index is 8.67. The van der Waals surface area contributed by atoms with Crippen molar-refractivity contribution in [2.75, 3.05) is 26.4 Å². The highest BCUT2D eigenvalue weighted by atomic mass is 16.7. The number of hydrogen-bond donors (Lipinski definition) is 1. The van der Waals surface area contributed by atoms with E-state index in [0.717, 1.165) is 25.7 Å². The van der Waals surface area contributed by atoms with Gasteiger partial charge in [-0.15, -0.1) is 0 Å². The molecule has 4 heteroatoms. The molecule has 2 aliphatic rings. The second-order valence-electron chi connectivity index (χ2n) is 3.92. The zero-order valence-corrected chi connectivity index (χ0v) is 8.41. The van der Waals surface area contributed by atoms with Gasteiger partial charge in [0.25, 0.3) is 0 Å². The lowest BCUT2D eigenvalue weighted by Crippen LogP contribution is -2.39. The number of hydrogen-bond acceptors (Lipinski definition) is 4. The quantitative estimate of drug-likeness (QED) is 0.731. The maximum Gasteiger partial charge on any atom is 0.170 e. The molecule has 1 heterocycles. The van der Waals surface area contributed by atoms with E-state index in [9.17, 15) is 0 Å². The Hall–Kier alpha value is -0.160. The molecule has 82 valence electrons. The number of ether oxygens (including phenoxy) is 3. The Balaban J connectivity index is 1.83. The van der Waals surface area contributed by atoms with Gasteiger partial charge in [-0.1, -0.05) is 0 Å². The predicted octanol–water partition coefficient (Wildman–Crippen LogP) is 0.681. The molecular weight excluding hydrogens is 184 g/mol. The van der Waals surface area contributed by atoms with Crippen molar-refractivity contribution in [2.45, 2.75) is 37.6 Å². The largest absolute Gasteiger partial charge is 0.394 e. The Morgan fingerprint density at radius 2 is 2.14 bits per heavy atom. The minimum Gasteiger partial charge on any atom is -0.394 e. The summed E-state index contributed by atoms with van der Waals surface area (Å²) in [5.41, 5.74) is 0. The second-order valence-corrected chi connectivity index (χ2v) is 3.92.